The number of pyridine rings is 1. The van der Waals surface area contributed by atoms with Gasteiger partial charge in [-0.3, -0.25) is 4.79 Å². The summed E-state index contributed by atoms with van der Waals surface area (Å²) in [7, 11) is 0. The summed E-state index contributed by atoms with van der Waals surface area (Å²) < 4.78 is 0. The van der Waals surface area contributed by atoms with Gasteiger partial charge in [0, 0.05) is 17.8 Å². The first-order valence-electron chi connectivity index (χ1n) is 6.15. The molecule has 1 heterocycles. The summed E-state index contributed by atoms with van der Waals surface area (Å²) in [5.41, 5.74) is 6.49. The molecular formula is C14H17N3O. The van der Waals surface area contributed by atoms with Crippen molar-refractivity contribution in [2.24, 2.45) is 11.7 Å². The number of rotatable bonds is 2. The molecule has 94 valence electrons. The van der Waals surface area contributed by atoms with E-state index in [1.165, 1.54) is 0 Å². The van der Waals surface area contributed by atoms with E-state index in [9.17, 15) is 4.79 Å². The van der Waals surface area contributed by atoms with Crippen LogP contribution < -0.4 is 11.1 Å². The van der Waals surface area contributed by atoms with Gasteiger partial charge in [0.15, 0.2) is 0 Å². The minimum absolute atomic E-state index is 0.106. The number of aromatic nitrogens is 1. The van der Waals surface area contributed by atoms with Crippen molar-refractivity contribution in [1.82, 2.24) is 10.3 Å². The Morgan fingerprint density at radius 1 is 1.56 bits per heavy atom. The second kappa shape index (κ2) is 5.65. The highest BCUT2D eigenvalue weighted by molar-refractivity contribution is 5.92. The quantitative estimate of drug-likeness (QED) is 0.759. The van der Waals surface area contributed by atoms with Crippen molar-refractivity contribution >= 4 is 5.91 Å². The zero-order valence-electron chi connectivity index (χ0n) is 10.4. The maximum absolute atomic E-state index is 11.9. The van der Waals surface area contributed by atoms with E-state index >= 15 is 0 Å². The second-order valence-electron chi connectivity index (χ2n) is 4.68. The van der Waals surface area contributed by atoms with Gasteiger partial charge in [-0.25, -0.2) is 4.98 Å². The van der Waals surface area contributed by atoms with E-state index in [-0.39, 0.29) is 5.91 Å². The van der Waals surface area contributed by atoms with E-state index in [0.717, 1.165) is 24.3 Å². The molecule has 4 nitrogen and oxygen atoms in total. The van der Waals surface area contributed by atoms with Crippen LogP contribution in [0.4, 0.5) is 0 Å². The lowest BCUT2D eigenvalue weighted by molar-refractivity contribution is 0.0891. The first-order valence-corrected chi connectivity index (χ1v) is 6.15. The molecule has 18 heavy (non-hydrogen) atoms. The van der Waals surface area contributed by atoms with Gasteiger partial charge in [0.05, 0.1) is 6.54 Å². The summed E-state index contributed by atoms with van der Waals surface area (Å²) >= 11 is 0. The van der Waals surface area contributed by atoms with Crippen LogP contribution in [0.15, 0.2) is 18.3 Å². The number of amides is 1. The van der Waals surface area contributed by atoms with Crippen LogP contribution in [0, 0.1) is 17.8 Å². The van der Waals surface area contributed by atoms with Gasteiger partial charge in [-0.2, -0.15) is 0 Å². The van der Waals surface area contributed by atoms with Crippen molar-refractivity contribution in [2.45, 2.75) is 25.8 Å². The third-order valence-electron chi connectivity index (χ3n) is 3.04. The molecule has 1 amide bonds. The van der Waals surface area contributed by atoms with Crippen molar-refractivity contribution < 1.29 is 4.79 Å². The van der Waals surface area contributed by atoms with E-state index < -0.39 is 0 Å². The Labute approximate surface area is 107 Å². The summed E-state index contributed by atoms with van der Waals surface area (Å²) in [6.07, 6.45) is 3.72. The molecule has 0 aromatic carbocycles. The molecule has 0 saturated heterocycles. The Hall–Kier alpha value is -1.86. The third kappa shape index (κ3) is 3.08. The van der Waals surface area contributed by atoms with Gasteiger partial charge in [-0.15, -0.1) is 0 Å². The number of nitrogens with two attached hydrogens (primary N) is 1. The van der Waals surface area contributed by atoms with Crippen molar-refractivity contribution in [3.63, 3.8) is 0 Å². The standard InChI is InChI=1S/C14H17N3O/c1-10-7-12(8-10)17-14(18)13-5-4-11(9-16-13)3-2-6-15/h4-5,9-10,12H,6-8,15H2,1H3,(H,17,18). The van der Waals surface area contributed by atoms with Crippen molar-refractivity contribution in [3.05, 3.63) is 29.6 Å². The monoisotopic (exact) mass is 243 g/mol. The van der Waals surface area contributed by atoms with E-state index in [1.54, 1.807) is 18.3 Å². The predicted molar refractivity (Wildman–Crippen MR) is 69.8 cm³/mol. The Kier molecular flexibility index (Phi) is 3.96. The molecule has 1 aromatic rings. The van der Waals surface area contributed by atoms with Gasteiger partial charge in [-0.1, -0.05) is 18.8 Å². The minimum Gasteiger partial charge on any atom is -0.348 e. The highest BCUT2D eigenvalue weighted by atomic mass is 16.1. The number of hydrogen-bond acceptors (Lipinski definition) is 3. The van der Waals surface area contributed by atoms with Crippen LogP contribution in [0.1, 0.15) is 35.8 Å². The topological polar surface area (TPSA) is 68.0 Å². The van der Waals surface area contributed by atoms with Crippen LogP contribution in [0.5, 0.6) is 0 Å². The van der Waals surface area contributed by atoms with Crippen molar-refractivity contribution in [2.75, 3.05) is 6.54 Å². The lowest BCUT2D eigenvalue weighted by Gasteiger charge is -2.33. The van der Waals surface area contributed by atoms with Gasteiger partial charge < -0.3 is 11.1 Å². The molecular weight excluding hydrogens is 226 g/mol. The summed E-state index contributed by atoms with van der Waals surface area (Å²) in [6, 6.07) is 3.79. The highest BCUT2D eigenvalue weighted by Crippen LogP contribution is 2.26. The summed E-state index contributed by atoms with van der Waals surface area (Å²) in [4.78, 5) is 16.0. The van der Waals surface area contributed by atoms with Crippen LogP contribution in [0.3, 0.4) is 0 Å². The lowest BCUT2D eigenvalue weighted by atomic mass is 9.82. The van der Waals surface area contributed by atoms with Crippen LogP contribution >= 0.6 is 0 Å². The highest BCUT2D eigenvalue weighted by Gasteiger charge is 2.27. The molecule has 1 aliphatic rings. The fourth-order valence-corrected chi connectivity index (χ4v) is 2.03. The first-order chi connectivity index (χ1) is 8.69. The summed E-state index contributed by atoms with van der Waals surface area (Å²) in [5.74, 6) is 6.23. The lowest BCUT2D eigenvalue weighted by Crippen LogP contribution is -2.43. The smallest absolute Gasteiger partial charge is 0.270 e. The van der Waals surface area contributed by atoms with Gasteiger partial charge in [0.25, 0.3) is 5.91 Å². The molecule has 1 saturated carbocycles. The number of carbonyl (C=O) groups is 1. The largest absolute Gasteiger partial charge is 0.348 e. The number of nitrogens with one attached hydrogen (secondary N) is 1. The molecule has 0 atom stereocenters. The SMILES string of the molecule is CC1CC(NC(=O)c2ccc(C#CCN)cn2)C1. The normalized spacial score (nSPS) is 21.4. The average molecular weight is 243 g/mol. The van der Waals surface area contributed by atoms with Crippen LogP contribution in [0.2, 0.25) is 0 Å². The molecule has 2 rings (SSSR count). The molecule has 1 fully saturated rings. The van der Waals surface area contributed by atoms with Gasteiger partial charge in [0.1, 0.15) is 5.69 Å². The van der Waals surface area contributed by atoms with Crippen LogP contribution in [0.25, 0.3) is 0 Å². The van der Waals surface area contributed by atoms with Gasteiger partial charge in [-0.05, 0) is 30.9 Å². The summed E-state index contributed by atoms with van der Waals surface area (Å²) in [6.45, 7) is 2.51. The van der Waals surface area contributed by atoms with E-state index in [0.29, 0.717) is 18.3 Å². The zero-order chi connectivity index (χ0) is 13.0. The fourth-order valence-electron chi connectivity index (χ4n) is 2.03. The molecule has 0 radical (unpaired) electrons. The Balaban J connectivity index is 1.94. The van der Waals surface area contributed by atoms with E-state index in [4.69, 9.17) is 5.73 Å². The number of carbonyl (C=O) groups excluding carboxylic acids is 1. The zero-order valence-corrected chi connectivity index (χ0v) is 10.4. The molecule has 3 N–H and O–H groups in total. The molecule has 0 bridgehead atoms. The maximum Gasteiger partial charge on any atom is 0.270 e. The molecule has 0 unspecified atom stereocenters. The second-order valence-corrected chi connectivity index (χ2v) is 4.68. The van der Waals surface area contributed by atoms with Crippen molar-refractivity contribution in [3.8, 4) is 11.8 Å². The maximum atomic E-state index is 11.9. The Morgan fingerprint density at radius 3 is 2.89 bits per heavy atom. The third-order valence-corrected chi connectivity index (χ3v) is 3.04. The molecule has 0 spiro atoms. The minimum atomic E-state index is -0.106. The first kappa shape index (κ1) is 12.6. The fraction of sp³-hybridized carbons (Fsp3) is 0.429. The predicted octanol–water partition coefficient (Wildman–Crippen LogP) is 0.920. The van der Waals surface area contributed by atoms with Gasteiger partial charge in [0.2, 0.25) is 0 Å². The molecule has 1 aromatic heterocycles. The number of nitrogens with zero attached hydrogens (tertiary/aromatic N) is 1. The van der Waals surface area contributed by atoms with Crippen LogP contribution in [-0.2, 0) is 0 Å². The Bertz CT molecular complexity index is 478. The summed E-state index contributed by atoms with van der Waals surface area (Å²) in [5, 5.41) is 2.97. The van der Waals surface area contributed by atoms with Gasteiger partial charge >= 0.3 is 0 Å². The van der Waals surface area contributed by atoms with Crippen molar-refractivity contribution in [1.29, 1.82) is 0 Å². The van der Waals surface area contributed by atoms with E-state index in [1.807, 2.05) is 0 Å². The number of hydrogen-bond donors (Lipinski definition) is 2. The molecule has 0 aliphatic heterocycles. The molecule has 1 aliphatic carbocycles. The Morgan fingerprint density at radius 2 is 2.33 bits per heavy atom. The average Bonchev–Trinajstić information content (AvgIpc) is 2.35. The van der Waals surface area contributed by atoms with Crippen LogP contribution in [-0.4, -0.2) is 23.5 Å². The van der Waals surface area contributed by atoms with E-state index in [2.05, 4.69) is 29.1 Å². The molecule has 4 heteroatoms.